The van der Waals surface area contributed by atoms with E-state index in [0.717, 1.165) is 32.1 Å². The van der Waals surface area contributed by atoms with Crippen molar-refractivity contribution in [2.24, 2.45) is 5.92 Å². The van der Waals surface area contributed by atoms with Gasteiger partial charge in [-0.2, -0.15) is 0 Å². The number of ketones is 1. The first-order valence-electron chi connectivity index (χ1n) is 8.79. The van der Waals surface area contributed by atoms with Gasteiger partial charge >= 0.3 is 0 Å². The largest absolute Gasteiger partial charge is 0.301 e. The van der Waals surface area contributed by atoms with E-state index in [4.69, 9.17) is 0 Å². The van der Waals surface area contributed by atoms with E-state index in [9.17, 15) is 4.79 Å². The van der Waals surface area contributed by atoms with Crippen LogP contribution in [0.4, 0.5) is 0 Å². The van der Waals surface area contributed by atoms with Gasteiger partial charge in [-0.1, -0.05) is 6.92 Å². The minimum atomic E-state index is 0.379. The van der Waals surface area contributed by atoms with E-state index < -0.39 is 0 Å². The number of carbonyl (C=O) groups excluding carboxylic acids is 1. The highest BCUT2D eigenvalue weighted by molar-refractivity contribution is 5.80. The van der Waals surface area contributed by atoms with Crippen LogP contribution in [-0.2, 0) is 4.79 Å². The Bertz CT molecular complexity index is 316. The highest BCUT2D eigenvalue weighted by Crippen LogP contribution is 2.20. The van der Waals surface area contributed by atoms with E-state index in [1.54, 1.807) is 0 Å². The van der Waals surface area contributed by atoms with E-state index >= 15 is 0 Å². The molecule has 0 aliphatic carbocycles. The Hall–Kier alpha value is -0.450. The number of rotatable bonds is 6. The molecule has 2 aliphatic heterocycles. The molecule has 122 valence electrons. The summed E-state index contributed by atoms with van der Waals surface area (Å²) in [6.45, 7) is 15.4. The quantitative estimate of drug-likeness (QED) is 0.745. The molecule has 21 heavy (non-hydrogen) atoms. The molecular weight excluding hydrogens is 262 g/mol. The molecule has 0 aromatic rings. The lowest BCUT2D eigenvalue weighted by atomic mass is 9.95. The number of piperazine rings is 1. The maximum atomic E-state index is 11.5. The molecule has 0 N–H and O–H groups in total. The van der Waals surface area contributed by atoms with Crippen LogP contribution < -0.4 is 0 Å². The average molecular weight is 295 g/mol. The molecule has 2 aliphatic rings. The van der Waals surface area contributed by atoms with Gasteiger partial charge in [-0.05, 0) is 45.7 Å². The van der Waals surface area contributed by atoms with Crippen molar-refractivity contribution in [3.05, 3.63) is 0 Å². The molecule has 0 unspecified atom stereocenters. The van der Waals surface area contributed by atoms with Gasteiger partial charge in [0.1, 0.15) is 5.78 Å². The Kier molecular flexibility index (Phi) is 6.65. The van der Waals surface area contributed by atoms with E-state index in [0.29, 0.717) is 24.8 Å². The standard InChI is InChI=1S/C17H33N3O/c1-4-17(21)14-19-11-9-18(10-12-19)13-16-5-7-20(8-6-16)15(2)3/h15-16H,4-14H2,1-3H3. The van der Waals surface area contributed by atoms with Crippen LogP contribution in [0.1, 0.15) is 40.0 Å². The number of nitrogens with zero attached hydrogens (tertiary/aromatic N) is 3. The van der Waals surface area contributed by atoms with E-state index in [2.05, 4.69) is 28.5 Å². The van der Waals surface area contributed by atoms with Crippen LogP contribution >= 0.6 is 0 Å². The lowest BCUT2D eigenvalue weighted by molar-refractivity contribution is -0.120. The predicted octanol–water partition coefficient (Wildman–Crippen LogP) is 1.70. The molecule has 0 aromatic heterocycles. The summed E-state index contributed by atoms with van der Waals surface area (Å²) in [4.78, 5) is 19.0. The summed E-state index contributed by atoms with van der Waals surface area (Å²) in [5, 5.41) is 0. The summed E-state index contributed by atoms with van der Waals surface area (Å²) < 4.78 is 0. The molecule has 0 bridgehead atoms. The Morgan fingerprint density at radius 2 is 1.57 bits per heavy atom. The van der Waals surface area contributed by atoms with Crippen LogP contribution in [-0.4, -0.2) is 78.9 Å². The Labute approximate surface area is 130 Å². The molecule has 4 nitrogen and oxygen atoms in total. The third kappa shape index (κ3) is 5.35. The second kappa shape index (κ2) is 8.25. The number of hydrogen-bond donors (Lipinski definition) is 0. The van der Waals surface area contributed by atoms with Gasteiger partial charge in [0, 0.05) is 45.2 Å². The van der Waals surface area contributed by atoms with Crippen molar-refractivity contribution in [1.29, 1.82) is 0 Å². The first-order chi connectivity index (χ1) is 10.1. The summed E-state index contributed by atoms with van der Waals surface area (Å²) in [5.74, 6) is 1.26. The smallest absolute Gasteiger partial charge is 0.146 e. The third-order valence-corrected chi connectivity index (χ3v) is 5.16. The summed E-state index contributed by atoms with van der Waals surface area (Å²) >= 11 is 0. The van der Waals surface area contributed by atoms with Gasteiger partial charge in [0.05, 0.1) is 6.54 Å². The summed E-state index contributed by atoms with van der Waals surface area (Å²) in [6.07, 6.45) is 3.38. The van der Waals surface area contributed by atoms with Gasteiger partial charge in [-0.3, -0.25) is 9.69 Å². The lowest BCUT2D eigenvalue weighted by Crippen LogP contribution is -2.50. The predicted molar refractivity (Wildman–Crippen MR) is 87.6 cm³/mol. The first kappa shape index (κ1) is 16.9. The molecule has 0 spiro atoms. The molecule has 2 rings (SSSR count). The van der Waals surface area contributed by atoms with E-state index in [1.807, 2.05) is 6.92 Å². The molecule has 0 atom stereocenters. The fourth-order valence-electron chi connectivity index (χ4n) is 3.51. The number of hydrogen-bond acceptors (Lipinski definition) is 4. The van der Waals surface area contributed by atoms with Gasteiger partial charge in [0.15, 0.2) is 0 Å². The van der Waals surface area contributed by atoms with Gasteiger partial charge < -0.3 is 9.80 Å². The lowest BCUT2D eigenvalue weighted by Gasteiger charge is -2.39. The minimum absolute atomic E-state index is 0.379. The summed E-state index contributed by atoms with van der Waals surface area (Å²) in [5.41, 5.74) is 0. The summed E-state index contributed by atoms with van der Waals surface area (Å²) in [7, 11) is 0. The fourth-order valence-corrected chi connectivity index (χ4v) is 3.51. The van der Waals surface area contributed by atoms with Gasteiger partial charge in [0.2, 0.25) is 0 Å². The highest BCUT2D eigenvalue weighted by Gasteiger charge is 2.24. The topological polar surface area (TPSA) is 26.8 Å². The summed E-state index contributed by atoms with van der Waals surface area (Å²) in [6, 6.07) is 0.700. The number of carbonyl (C=O) groups is 1. The van der Waals surface area contributed by atoms with E-state index in [1.165, 1.54) is 32.5 Å². The highest BCUT2D eigenvalue weighted by atomic mass is 16.1. The van der Waals surface area contributed by atoms with Crippen molar-refractivity contribution >= 4 is 5.78 Å². The first-order valence-corrected chi connectivity index (χ1v) is 8.79. The normalized spacial score (nSPS) is 23.8. The van der Waals surface area contributed by atoms with Crippen LogP contribution in [0.25, 0.3) is 0 Å². The second-order valence-corrected chi connectivity index (χ2v) is 7.04. The van der Waals surface area contributed by atoms with Crippen molar-refractivity contribution in [2.45, 2.75) is 46.1 Å². The number of likely N-dealkylation sites (tertiary alicyclic amines) is 1. The number of piperidine rings is 1. The van der Waals surface area contributed by atoms with Gasteiger partial charge in [-0.25, -0.2) is 0 Å². The average Bonchev–Trinajstić information content (AvgIpc) is 2.49. The SMILES string of the molecule is CCC(=O)CN1CCN(CC2CCN(C(C)C)CC2)CC1. The number of Topliss-reactive ketones (excluding diaryl/α,β-unsaturated/α-hetero) is 1. The van der Waals surface area contributed by atoms with Gasteiger partial charge in [-0.15, -0.1) is 0 Å². The van der Waals surface area contributed by atoms with Gasteiger partial charge in [0.25, 0.3) is 0 Å². The van der Waals surface area contributed by atoms with Crippen molar-refractivity contribution in [1.82, 2.24) is 14.7 Å². The monoisotopic (exact) mass is 295 g/mol. The minimum Gasteiger partial charge on any atom is -0.301 e. The van der Waals surface area contributed by atoms with Crippen LogP contribution in [0.15, 0.2) is 0 Å². The third-order valence-electron chi connectivity index (χ3n) is 5.16. The van der Waals surface area contributed by atoms with Crippen LogP contribution in [0.3, 0.4) is 0 Å². The molecule has 0 amide bonds. The molecular formula is C17H33N3O. The molecule has 2 heterocycles. The molecule has 4 heteroatoms. The fraction of sp³-hybridized carbons (Fsp3) is 0.941. The maximum Gasteiger partial charge on any atom is 0.146 e. The zero-order chi connectivity index (χ0) is 15.2. The Morgan fingerprint density at radius 3 is 2.10 bits per heavy atom. The Morgan fingerprint density at radius 1 is 1.00 bits per heavy atom. The maximum absolute atomic E-state index is 11.5. The van der Waals surface area contributed by atoms with Crippen molar-refractivity contribution < 1.29 is 4.79 Å². The molecule has 0 saturated carbocycles. The molecule has 0 aromatic carbocycles. The molecule has 0 radical (unpaired) electrons. The molecule has 2 saturated heterocycles. The van der Waals surface area contributed by atoms with Crippen LogP contribution in [0.5, 0.6) is 0 Å². The van der Waals surface area contributed by atoms with Crippen molar-refractivity contribution in [3.63, 3.8) is 0 Å². The zero-order valence-electron chi connectivity index (χ0n) is 14.2. The van der Waals surface area contributed by atoms with Crippen molar-refractivity contribution in [3.8, 4) is 0 Å². The van der Waals surface area contributed by atoms with Crippen LogP contribution in [0, 0.1) is 5.92 Å². The van der Waals surface area contributed by atoms with Crippen LogP contribution in [0.2, 0.25) is 0 Å². The Balaban J connectivity index is 1.64. The second-order valence-electron chi connectivity index (χ2n) is 7.04. The van der Waals surface area contributed by atoms with E-state index in [-0.39, 0.29) is 0 Å². The zero-order valence-corrected chi connectivity index (χ0v) is 14.2. The van der Waals surface area contributed by atoms with Crippen molar-refractivity contribution in [2.75, 3.05) is 52.4 Å². The molecule has 2 fully saturated rings.